The summed E-state index contributed by atoms with van der Waals surface area (Å²) in [4.78, 5) is 41.3. The first-order valence-corrected chi connectivity index (χ1v) is 9.56. The van der Waals surface area contributed by atoms with Gasteiger partial charge in [0.05, 0.1) is 34.5 Å². The van der Waals surface area contributed by atoms with Crippen LogP contribution in [0.3, 0.4) is 0 Å². The van der Waals surface area contributed by atoms with Crippen LogP contribution in [0.15, 0.2) is 21.7 Å². The number of fused-ring (bicyclic) bond motifs is 2. The first kappa shape index (κ1) is 19.2. The molecule has 12 heteroatoms. The minimum atomic E-state index is -0.513. The van der Waals surface area contributed by atoms with Crippen molar-refractivity contribution in [3.05, 3.63) is 43.7 Å². The minimum Gasteiger partial charge on any atom is -0.495 e. The summed E-state index contributed by atoms with van der Waals surface area (Å²) in [6.07, 6.45) is -0.135. The van der Waals surface area contributed by atoms with Crippen LogP contribution in [-0.2, 0) is 25.3 Å². The Hall–Kier alpha value is -3.18. The first-order valence-electron chi connectivity index (χ1n) is 8.37. The molecule has 3 aromatic heterocycles. The molecule has 29 heavy (non-hydrogen) atoms. The average Bonchev–Trinajstić information content (AvgIpc) is 3.27. The van der Waals surface area contributed by atoms with Gasteiger partial charge in [-0.15, -0.1) is 0 Å². The van der Waals surface area contributed by atoms with E-state index in [-0.39, 0.29) is 23.4 Å². The van der Waals surface area contributed by atoms with Gasteiger partial charge in [0.25, 0.3) is 5.56 Å². The number of benzene rings is 1. The molecule has 4 rings (SSSR count). The summed E-state index contributed by atoms with van der Waals surface area (Å²) in [5.74, 6) is 0.108. The number of H-pyrrole nitrogens is 1. The highest BCUT2D eigenvalue weighted by Crippen LogP contribution is 2.34. The average molecular weight is 435 g/mol. The Morgan fingerprint density at radius 3 is 2.79 bits per heavy atom. The number of ether oxygens (including phenoxy) is 1. The van der Waals surface area contributed by atoms with E-state index in [1.807, 2.05) is 0 Å². The maximum absolute atomic E-state index is 12.5. The first-order chi connectivity index (χ1) is 13.8. The Labute approximate surface area is 171 Å². The number of hydrogen-bond acceptors (Lipinski definition) is 7. The zero-order chi connectivity index (χ0) is 20.9. The van der Waals surface area contributed by atoms with Gasteiger partial charge in [0.1, 0.15) is 11.1 Å². The highest BCUT2D eigenvalue weighted by atomic mass is 35.5. The summed E-state index contributed by atoms with van der Waals surface area (Å²) in [5, 5.41) is 10.4. The summed E-state index contributed by atoms with van der Waals surface area (Å²) in [7, 11) is 4.40. The monoisotopic (exact) mass is 434 g/mol. The van der Waals surface area contributed by atoms with Gasteiger partial charge in [-0.3, -0.25) is 23.8 Å². The number of rotatable bonds is 4. The van der Waals surface area contributed by atoms with Crippen molar-refractivity contribution in [1.82, 2.24) is 24.3 Å². The molecule has 0 aliphatic rings. The van der Waals surface area contributed by atoms with Crippen molar-refractivity contribution in [2.75, 3.05) is 12.4 Å². The molecule has 0 saturated heterocycles. The number of thiazole rings is 1. The van der Waals surface area contributed by atoms with E-state index in [1.54, 1.807) is 12.1 Å². The number of nitrogens with zero attached hydrogens (tertiary/aromatic N) is 4. The van der Waals surface area contributed by atoms with Crippen molar-refractivity contribution >= 4 is 55.2 Å². The second-order valence-electron chi connectivity index (χ2n) is 6.30. The molecule has 1 aromatic carbocycles. The number of aromatic amines is 1. The Kier molecular flexibility index (Phi) is 4.63. The third kappa shape index (κ3) is 3.17. The molecule has 0 bridgehead atoms. The predicted molar refractivity (Wildman–Crippen MR) is 110 cm³/mol. The topological polar surface area (TPSA) is 124 Å². The fourth-order valence-electron chi connectivity index (χ4n) is 3.00. The van der Waals surface area contributed by atoms with Gasteiger partial charge in [0, 0.05) is 20.2 Å². The van der Waals surface area contributed by atoms with E-state index in [9.17, 15) is 14.4 Å². The molecule has 0 atom stereocenters. The number of halogens is 1. The van der Waals surface area contributed by atoms with Crippen LogP contribution in [-0.4, -0.2) is 37.3 Å². The van der Waals surface area contributed by atoms with Gasteiger partial charge in [-0.25, -0.2) is 9.78 Å². The van der Waals surface area contributed by atoms with Gasteiger partial charge < -0.3 is 10.1 Å². The van der Waals surface area contributed by atoms with Crippen LogP contribution in [0.5, 0.6) is 5.75 Å². The molecule has 0 unspecified atom stereocenters. The maximum atomic E-state index is 12.5. The van der Waals surface area contributed by atoms with Gasteiger partial charge >= 0.3 is 5.69 Å². The van der Waals surface area contributed by atoms with Crippen LogP contribution in [0.1, 0.15) is 5.69 Å². The van der Waals surface area contributed by atoms with E-state index < -0.39 is 11.2 Å². The van der Waals surface area contributed by atoms with Gasteiger partial charge in [0.2, 0.25) is 5.91 Å². The highest BCUT2D eigenvalue weighted by molar-refractivity contribution is 7.22. The van der Waals surface area contributed by atoms with Crippen LogP contribution in [0.2, 0.25) is 5.02 Å². The lowest BCUT2D eigenvalue weighted by molar-refractivity contribution is -0.115. The smallest absolute Gasteiger partial charge is 0.332 e. The Morgan fingerprint density at radius 1 is 1.31 bits per heavy atom. The molecule has 150 valence electrons. The van der Waals surface area contributed by atoms with Crippen molar-refractivity contribution in [3.8, 4) is 5.75 Å². The molecular formula is C17H15ClN6O4S. The fraction of sp³-hybridized carbons (Fsp3) is 0.235. The molecule has 0 aliphatic heterocycles. The zero-order valence-corrected chi connectivity index (χ0v) is 17.1. The normalized spacial score (nSPS) is 11.3. The van der Waals surface area contributed by atoms with Crippen LogP contribution in [0, 0.1) is 0 Å². The van der Waals surface area contributed by atoms with Crippen molar-refractivity contribution in [2.24, 2.45) is 14.1 Å². The summed E-state index contributed by atoms with van der Waals surface area (Å²) in [5.41, 5.74) is 0.152. The molecule has 2 N–H and O–H groups in total. The lowest BCUT2D eigenvalue weighted by Gasteiger charge is -2.03. The number of nitrogens with one attached hydrogen (secondary N) is 2. The predicted octanol–water partition coefficient (Wildman–Crippen LogP) is 1.41. The lowest BCUT2D eigenvalue weighted by atomic mass is 10.2. The summed E-state index contributed by atoms with van der Waals surface area (Å²) in [6, 6.07) is 3.41. The van der Waals surface area contributed by atoms with E-state index >= 15 is 0 Å². The molecular weight excluding hydrogens is 420 g/mol. The Balaban J connectivity index is 1.63. The summed E-state index contributed by atoms with van der Waals surface area (Å²) >= 11 is 7.38. The summed E-state index contributed by atoms with van der Waals surface area (Å²) in [6.45, 7) is 0. The number of carbonyl (C=O) groups excluding carboxylic acids is 1. The van der Waals surface area contributed by atoms with Crippen LogP contribution in [0.25, 0.3) is 21.3 Å². The number of methoxy groups -OCH3 is 1. The van der Waals surface area contributed by atoms with E-state index in [1.165, 1.54) is 37.1 Å². The largest absolute Gasteiger partial charge is 0.495 e. The standard InChI is InChI=1S/C17H15ClN6O4S/c1-23-14-13(15(26)24(2)17(23)27)9(21-22-14)6-12(25)20-16-19-8-5-10(28-3)7(18)4-11(8)29-16/h4-5H,6H2,1-3H3,(H,21,22)(H,19,20,25). The van der Waals surface area contributed by atoms with Gasteiger partial charge in [-0.05, 0) is 6.07 Å². The molecule has 0 spiro atoms. The third-order valence-electron chi connectivity index (χ3n) is 4.48. The number of amides is 1. The number of carbonyl (C=O) groups is 1. The number of anilines is 1. The highest BCUT2D eigenvalue weighted by Gasteiger charge is 2.19. The number of aromatic nitrogens is 5. The number of aryl methyl sites for hydroxylation is 1. The molecule has 0 saturated carbocycles. The molecule has 0 fully saturated rings. The molecule has 0 radical (unpaired) electrons. The third-order valence-corrected chi connectivity index (χ3v) is 5.71. The molecule has 3 heterocycles. The van der Waals surface area contributed by atoms with E-state index in [4.69, 9.17) is 16.3 Å². The molecule has 4 aromatic rings. The quantitative estimate of drug-likeness (QED) is 0.500. The maximum Gasteiger partial charge on any atom is 0.332 e. The van der Waals surface area contributed by atoms with Gasteiger partial charge in [-0.2, -0.15) is 5.10 Å². The molecule has 1 amide bonds. The summed E-state index contributed by atoms with van der Waals surface area (Å²) < 4.78 is 8.19. The van der Waals surface area contributed by atoms with Crippen LogP contribution in [0.4, 0.5) is 5.13 Å². The van der Waals surface area contributed by atoms with Crippen LogP contribution >= 0.6 is 22.9 Å². The Bertz CT molecular complexity index is 1400. The Morgan fingerprint density at radius 2 is 2.07 bits per heavy atom. The van der Waals surface area contributed by atoms with E-state index in [0.717, 1.165) is 9.27 Å². The molecule has 0 aliphatic carbocycles. The van der Waals surface area contributed by atoms with Crippen molar-refractivity contribution in [1.29, 1.82) is 0 Å². The van der Waals surface area contributed by atoms with Gasteiger partial charge in [-0.1, -0.05) is 22.9 Å². The van der Waals surface area contributed by atoms with Gasteiger partial charge in [0.15, 0.2) is 10.8 Å². The SMILES string of the molecule is COc1cc2nc(NC(=O)Cc3[nH]nc4c3c(=O)n(C)c(=O)n4C)sc2cc1Cl. The van der Waals surface area contributed by atoms with E-state index in [2.05, 4.69) is 20.5 Å². The van der Waals surface area contributed by atoms with Crippen LogP contribution < -0.4 is 21.3 Å². The van der Waals surface area contributed by atoms with Crippen molar-refractivity contribution in [2.45, 2.75) is 6.42 Å². The lowest BCUT2D eigenvalue weighted by Crippen LogP contribution is -2.37. The van der Waals surface area contributed by atoms with Crippen molar-refractivity contribution in [3.63, 3.8) is 0 Å². The molecule has 10 nitrogen and oxygen atoms in total. The second kappa shape index (κ2) is 7.01. The van der Waals surface area contributed by atoms with Crippen molar-refractivity contribution < 1.29 is 9.53 Å². The second-order valence-corrected chi connectivity index (χ2v) is 7.74. The minimum absolute atomic E-state index is 0.135. The fourth-order valence-corrected chi connectivity index (χ4v) is 4.21. The number of hydrogen-bond donors (Lipinski definition) is 2. The zero-order valence-electron chi connectivity index (χ0n) is 15.6. The van der Waals surface area contributed by atoms with E-state index in [0.29, 0.717) is 27.1 Å².